The highest BCUT2D eigenvalue weighted by Crippen LogP contribution is 2.38. The van der Waals surface area contributed by atoms with E-state index in [4.69, 9.17) is 80.0 Å². The molecule has 7 radical (unpaired) electrons. The van der Waals surface area contributed by atoms with Crippen molar-refractivity contribution in [3.8, 4) is 0 Å². The lowest BCUT2D eigenvalue weighted by Crippen LogP contribution is -2.43. The molecule has 0 aliphatic carbocycles. The molecule has 2 fully saturated rings. The lowest BCUT2D eigenvalue weighted by atomic mass is 9.81. The third-order valence-corrected chi connectivity index (χ3v) is 21.4. The summed E-state index contributed by atoms with van der Waals surface area (Å²) in [6.45, 7) is 10.9. The van der Waals surface area contributed by atoms with Crippen molar-refractivity contribution in [1.82, 2.24) is 24.9 Å². The Morgan fingerprint density at radius 2 is 0.820 bits per heavy atom. The second kappa shape index (κ2) is 44.3. The first-order chi connectivity index (χ1) is 46.9. The van der Waals surface area contributed by atoms with Crippen molar-refractivity contribution in [3.63, 3.8) is 0 Å². The van der Waals surface area contributed by atoms with Crippen LogP contribution in [0.2, 0.25) is 15.1 Å². The molecule has 3 aromatic carbocycles. The van der Waals surface area contributed by atoms with Crippen LogP contribution < -0.4 is 22.5 Å². The van der Waals surface area contributed by atoms with Gasteiger partial charge in [0.1, 0.15) is 23.6 Å². The van der Waals surface area contributed by atoms with Crippen molar-refractivity contribution in [2.75, 3.05) is 77.2 Å². The number of Topliss-reactive ketones (excluding diaryl/α,β-unsaturated/α-hetero) is 3. The summed E-state index contributed by atoms with van der Waals surface area (Å²) in [7, 11) is 8.00. The fraction of sp³-hybridized carbons (Fsp3) is 0.457. The molecule has 3 aromatic heterocycles. The molecule has 7 N–H and O–H groups in total. The largest absolute Gasteiger partial charge is 0.471 e. The van der Waals surface area contributed by atoms with E-state index in [0.717, 1.165) is 112 Å². The van der Waals surface area contributed by atoms with Gasteiger partial charge in [-0.25, -0.2) is 0 Å². The molecule has 0 atom stereocenters. The number of aldehydes is 1. The Labute approximate surface area is 626 Å². The fourth-order valence-electron chi connectivity index (χ4n) is 12.1. The van der Waals surface area contributed by atoms with E-state index in [1.807, 2.05) is 24.3 Å². The predicted molar refractivity (Wildman–Crippen MR) is 402 cm³/mol. The summed E-state index contributed by atoms with van der Waals surface area (Å²) in [6, 6.07) is 21.3. The van der Waals surface area contributed by atoms with Gasteiger partial charge in [0.15, 0.2) is 0 Å². The molecule has 30 heteroatoms. The summed E-state index contributed by atoms with van der Waals surface area (Å²) >= 11 is 32.5. The number of nitrogens with one attached hydrogen (secondary N) is 1. The molecule has 0 spiro atoms. The average Bonchev–Trinajstić information content (AvgIpc) is 1.37. The maximum Gasteiger partial charge on any atom is 0.471 e. The van der Waals surface area contributed by atoms with E-state index in [1.165, 1.54) is 80.9 Å². The lowest BCUT2D eigenvalue weighted by Gasteiger charge is -2.31. The lowest BCUT2D eigenvalue weighted by molar-refractivity contribution is -0.186. The maximum absolute atomic E-state index is 12.7. The maximum atomic E-state index is 12.7. The van der Waals surface area contributed by atoms with Gasteiger partial charge in [-0.15, -0.1) is 57.2 Å². The molecular weight excluding hydrogens is 1440 g/mol. The average molecular weight is 1530 g/mol. The van der Waals surface area contributed by atoms with Crippen LogP contribution in [0, 0.1) is 0 Å². The van der Waals surface area contributed by atoms with Crippen LogP contribution in [0.5, 0.6) is 0 Å². The molecule has 0 bridgehead atoms. The second-order valence-corrected chi connectivity index (χ2v) is 29.4. The van der Waals surface area contributed by atoms with Crippen molar-refractivity contribution in [3.05, 3.63) is 167 Å². The molecule has 0 saturated carbocycles. The van der Waals surface area contributed by atoms with E-state index in [2.05, 4.69) is 35.5 Å². The summed E-state index contributed by atoms with van der Waals surface area (Å²) in [6.07, 6.45) is 6.74. The number of piperidine rings is 2. The number of hydrogen-bond donors (Lipinski definition) is 4. The Morgan fingerprint density at radius 3 is 1.13 bits per heavy atom. The van der Waals surface area contributed by atoms with E-state index in [9.17, 15) is 46.7 Å². The first-order valence-corrected chi connectivity index (χ1v) is 36.8. The zero-order valence-corrected chi connectivity index (χ0v) is 61.2. The van der Waals surface area contributed by atoms with Crippen molar-refractivity contribution in [1.29, 1.82) is 0 Å². The van der Waals surface area contributed by atoms with E-state index in [1.54, 1.807) is 59.9 Å². The van der Waals surface area contributed by atoms with Crippen molar-refractivity contribution in [2.45, 2.75) is 130 Å². The number of nitrogens with zero attached hydrogens (tertiary/aromatic N) is 4. The number of fused-ring (bicyclic) bond motifs is 3. The van der Waals surface area contributed by atoms with Gasteiger partial charge in [0.25, 0.3) is 0 Å². The SMILES string of the molecule is C.C1CCNCC1.NC(=O)c1c(CC(=O)Cc2ccc(Cl)cc2)sc2c1CCN(C(=O)C(F)(F)F)C2.NC(=O)c1c(CC(=O)Cc2ccc(Cl)cc2)sc2c1CCN(CCCl)C2.NC(=O)c1c(CC(=O)Cc2ccc(Cl)cc2)sc2c1CCN(CCN1CCCCC1)C2.O=CCCl.[B].[B][B]. The monoisotopic (exact) mass is 1530 g/mol. The number of halogens is 8. The van der Waals surface area contributed by atoms with Crippen molar-refractivity contribution >= 4 is 163 Å². The van der Waals surface area contributed by atoms with Gasteiger partial charge in [-0.1, -0.05) is 91.5 Å². The van der Waals surface area contributed by atoms with Crippen LogP contribution in [0.4, 0.5) is 13.2 Å². The van der Waals surface area contributed by atoms with Gasteiger partial charge in [0.05, 0.1) is 29.1 Å². The zero-order valence-electron chi connectivity index (χ0n) is 55.0. The van der Waals surface area contributed by atoms with Gasteiger partial charge in [-0.2, -0.15) is 13.2 Å². The van der Waals surface area contributed by atoms with Crippen LogP contribution in [0.25, 0.3) is 0 Å². The predicted octanol–water partition coefficient (Wildman–Crippen LogP) is 11.1. The molecule has 8 heterocycles. The molecule has 6 aromatic rings. The van der Waals surface area contributed by atoms with E-state index in [0.29, 0.717) is 71.4 Å². The highest BCUT2D eigenvalue weighted by atomic mass is 35.5. The summed E-state index contributed by atoms with van der Waals surface area (Å²) in [5.74, 6) is -2.83. The summed E-state index contributed by atoms with van der Waals surface area (Å²) in [5.41, 5.74) is 23.4. The summed E-state index contributed by atoms with van der Waals surface area (Å²) < 4.78 is 38.1. The molecule has 16 nitrogen and oxygen atoms in total. The van der Waals surface area contributed by atoms with E-state index < -0.39 is 29.8 Å². The van der Waals surface area contributed by atoms with Gasteiger partial charge in [-0.3, -0.25) is 43.4 Å². The second-order valence-electron chi connectivity index (χ2n) is 23.8. The molecule has 11 rings (SSSR count). The Kier molecular flexibility index (Phi) is 38.5. The van der Waals surface area contributed by atoms with Crippen LogP contribution in [-0.4, -0.2) is 174 Å². The molecule has 5 aliphatic heterocycles. The third-order valence-electron chi connectivity index (χ3n) is 16.7. The minimum atomic E-state index is -4.96. The van der Waals surface area contributed by atoms with Gasteiger partial charge in [0, 0.05) is 165 Å². The van der Waals surface area contributed by atoms with Gasteiger partial charge >= 0.3 is 12.1 Å². The molecule has 5 aliphatic rings. The highest BCUT2D eigenvalue weighted by molar-refractivity contribution is 7.13. The van der Waals surface area contributed by atoms with E-state index >= 15 is 0 Å². The number of primary amides is 3. The molecule has 100 heavy (non-hydrogen) atoms. The number of carbonyl (C=O) groups is 8. The Hall–Kier alpha value is -5.41. The van der Waals surface area contributed by atoms with Crippen LogP contribution in [0.15, 0.2) is 72.8 Å². The van der Waals surface area contributed by atoms with Crippen LogP contribution in [0.1, 0.15) is 140 Å². The molecule has 535 valence electrons. The number of thiophene rings is 3. The third kappa shape index (κ3) is 27.3. The minimum Gasteiger partial charge on any atom is -0.366 e. The minimum absolute atomic E-state index is 0. The van der Waals surface area contributed by atoms with Crippen LogP contribution in [-0.2, 0) is 101 Å². The number of nitrogens with two attached hydrogens (primary N) is 3. The highest BCUT2D eigenvalue weighted by Gasteiger charge is 2.44. The quantitative estimate of drug-likeness (QED) is 0.0299. The smallest absolute Gasteiger partial charge is 0.366 e. The summed E-state index contributed by atoms with van der Waals surface area (Å²) in [5, 5.41) is 5.13. The topological polar surface area (TPSA) is 240 Å². The standard InChI is InChI=1S/C24H30ClN3O2S.C19H20Cl2N2O2S.C19H16ClF3N2O3S.C5H11N.C2H3ClO.CH4.B2.B/c25-18-6-4-17(5-7-18)14-19(29)15-21-23(24(26)30)20-8-11-28(16-22(20)31-21)13-12-27-9-2-1-3-10-27;20-6-8-23-7-5-15-17(11-23)26-16(18(15)19(22)25)10-14(24)9-12-1-3-13(21)4-2-12;20-11-3-1-10(2-4-11)7-12(26)8-14-16(17(24)27)13-5-6-25(9-15(13)29-14)18(28)19(21,22)23;1-2-4-6-5-3-1;3-1-2-4;;1-2;/h4-7H,1-3,8-16H2,(H2,26,30);1-4H,5-11H2,(H2,22,25);1-4H,5-9H2,(H2,24,27);6H,1-5H2;2H,1H2;1H4;;. The van der Waals surface area contributed by atoms with Gasteiger partial charge < -0.3 is 37.1 Å². The van der Waals surface area contributed by atoms with Crippen molar-refractivity contribution < 1.29 is 51.5 Å². The number of benzene rings is 3. The number of ketones is 3. The summed E-state index contributed by atoms with van der Waals surface area (Å²) in [4.78, 5) is 107. The van der Waals surface area contributed by atoms with Crippen LogP contribution in [0.3, 0.4) is 0 Å². The van der Waals surface area contributed by atoms with Gasteiger partial charge in [-0.05, 0) is 141 Å². The van der Waals surface area contributed by atoms with Crippen LogP contribution >= 0.6 is 92.0 Å². The number of rotatable bonds is 21. The molecular formula is C70H84B3Cl5F3N8O8S3. The Balaban J connectivity index is 0.000000291. The number of carbonyl (C=O) groups excluding carboxylic acids is 8. The number of amides is 4. The molecule has 0 unspecified atom stereocenters. The fourth-order valence-corrected chi connectivity index (χ4v) is 16.9. The number of likely N-dealkylation sites (tertiary alicyclic amines) is 1. The Morgan fingerprint density at radius 1 is 0.490 bits per heavy atom. The number of hydrogen-bond acceptors (Lipinski definition) is 15. The normalized spacial score (nSPS) is 14.9. The first-order valence-electron chi connectivity index (χ1n) is 32.2. The van der Waals surface area contributed by atoms with Gasteiger partial charge in [0.2, 0.25) is 17.7 Å². The zero-order chi connectivity index (χ0) is 71.5. The number of alkyl halides is 5. The van der Waals surface area contributed by atoms with Crippen molar-refractivity contribution in [2.24, 2.45) is 17.2 Å². The molecule has 4 amide bonds. The first kappa shape index (κ1) is 87.0. The van der Waals surface area contributed by atoms with E-state index in [-0.39, 0.29) is 89.8 Å². The molecule has 2 saturated heterocycles. The Bertz CT molecular complexity index is 3640.